The quantitative estimate of drug-likeness (QED) is 0.799. The van der Waals surface area contributed by atoms with Crippen molar-refractivity contribution >= 4 is 23.4 Å². The molecule has 0 bridgehead atoms. The minimum atomic E-state index is -1.10. The highest BCUT2D eigenvalue weighted by Crippen LogP contribution is 2.22. The van der Waals surface area contributed by atoms with Crippen LogP contribution >= 0.6 is 11.6 Å². The zero-order chi connectivity index (χ0) is 18.8. The van der Waals surface area contributed by atoms with Crippen LogP contribution in [0.5, 0.6) is 0 Å². The van der Waals surface area contributed by atoms with E-state index in [1.807, 2.05) is 0 Å². The van der Waals surface area contributed by atoms with Gasteiger partial charge in [-0.3, -0.25) is 9.59 Å². The van der Waals surface area contributed by atoms with Gasteiger partial charge in [0.1, 0.15) is 5.82 Å². The molecule has 2 aromatic rings. The van der Waals surface area contributed by atoms with E-state index in [1.54, 1.807) is 0 Å². The maximum atomic E-state index is 13.9. The SMILES string of the molecule is O=C(c1ccc(F)c(F)c1)N1CCN(C(=O)c2c(F)cccc2Cl)CC1. The van der Waals surface area contributed by atoms with Gasteiger partial charge >= 0.3 is 0 Å². The van der Waals surface area contributed by atoms with E-state index < -0.39 is 29.3 Å². The third-order valence-corrected chi connectivity index (χ3v) is 4.51. The van der Waals surface area contributed by atoms with E-state index in [4.69, 9.17) is 11.6 Å². The maximum absolute atomic E-state index is 13.9. The second kappa shape index (κ2) is 7.37. The molecule has 0 spiro atoms. The summed E-state index contributed by atoms with van der Waals surface area (Å²) >= 11 is 5.91. The Bertz CT molecular complexity index is 847. The average molecular weight is 383 g/mol. The number of piperazine rings is 1. The summed E-state index contributed by atoms with van der Waals surface area (Å²) < 4.78 is 40.2. The third-order valence-electron chi connectivity index (χ3n) is 4.20. The molecule has 0 N–H and O–H groups in total. The molecule has 1 aliphatic heterocycles. The molecule has 26 heavy (non-hydrogen) atoms. The second-order valence-corrected chi connectivity index (χ2v) is 6.22. The van der Waals surface area contributed by atoms with E-state index in [-0.39, 0.29) is 42.3 Å². The fourth-order valence-electron chi connectivity index (χ4n) is 2.78. The largest absolute Gasteiger partial charge is 0.335 e. The van der Waals surface area contributed by atoms with Crippen molar-refractivity contribution in [2.45, 2.75) is 0 Å². The van der Waals surface area contributed by atoms with E-state index in [0.717, 1.165) is 18.2 Å². The zero-order valence-corrected chi connectivity index (χ0v) is 14.3. The van der Waals surface area contributed by atoms with Gasteiger partial charge in [-0.05, 0) is 30.3 Å². The van der Waals surface area contributed by atoms with Gasteiger partial charge < -0.3 is 9.80 Å². The first-order chi connectivity index (χ1) is 12.4. The van der Waals surface area contributed by atoms with Crippen LogP contribution in [-0.4, -0.2) is 47.8 Å². The predicted molar refractivity (Wildman–Crippen MR) is 89.6 cm³/mol. The second-order valence-electron chi connectivity index (χ2n) is 5.81. The molecule has 0 saturated carbocycles. The Morgan fingerprint density at radius 3 is 2.00 bits per heavy atom. The number of amides is 2. The molecule has 1 aliphatic rings. The summed E-state index contributed by atoms with van der Waals surface area (Å²) in [6.07, 6.45) is 0. The summed E-state index contributed by atoms with van der Waals surface area (Å²) in [4.78, 5) is 27.7. The number of hydrogen-bond donors (Lipinski definition) is 0. The van der Waals surface area contributed by atoms with E-state index in [1.165, 1.54) is 28.0 Å². The van der Waals surface area contributed by atoms with Gasteiger partial charge in [0.15, 0.2) is 11.6 Å². The molecule has 0 radical (unpaired) electrons. The molecule has 3 rings (SSSR count). The topological polar surface area (TPSA) is 40.6 Å². The van der Waals surface area contributed by atoms with Crippen LogP contribution in [0.3, 0.4) is 0 Å². The maximum Gasteiger partial charge on any atom is 0.258 e. The molecule has 2 amide bonds. The fraction of sp³-hybridized carbons (Fsp3) is 0.222. The van der Waals surface area contributed by atoms with Crippen molar-refractivity contribution < 1.29 is 22.8 Å². The van der Waals surface area contributed by atoms with Gasteiger partial charge in [0.2, 0.25) is 0 Å². The molecule has 0 aromatic heterocycles. The summed E-state index contributed by atoms with van der Waals surface area (Å²) in [5.74, 6) is -3.84. The van der Waals surface area contributed by atoms with Crippen LogP contribution in [0, 0.1) is 17.5 Å². The number of hydrogen-bond acceptors (Lipinski definition) is 2. The number of carbonyl (C=O) groups is 2. The van der Waals surface area contributed by atoms with Crippen molar-refractivity contribution in [2.24, 2.45) is 0 Å². The van der Waals surface area contributed by atoms with E-state index in [0.29, 0.717) is 0 Å². The van der Waals surface area contributed by atoms with Crippen LogP contribution in [0.4, 0.5) is 13.2 Å². The standard InChI is InChI=1S/C18H14ClF3N2O2/c19-12-2-1-3-14(21)16(12)18(26)24-8-6-23(7-9-24)17(25)11-4-5-13(20)15(22)10-11/h1-5,10H,6-9H2. The summed E-state index contributed by atoms with van der Waals surface area (Å²) in [5.41, 5.74) is -0.171. The Balaban J connectivity index is 1.68. The average Bonchev–Trinajstić information content (AvgIpc) is 2.63. The minimum Gasteiger partial charge on any atom is -0.335 e. The number of carbonyl (C=O) groups excluding carboxylic acids is 2. The highest BCUT2D eigenvalue weighted by molar-refractivity contribution is 6.33. The molecule has 136 valence electrons. The van der Waals surface area contributed by atoms with Crippen molar-refractivity contribution in [1.82, 2.24) is 9.80 Å². The van der Waals surface area contributed by atoms with E-state index in [2.05, 4.69) is 0 Å². The number of rotatable bonds is 2. The third kappa shape index (κ3) is 3.53. The Hall–Kier alpha value is -2.54. The number of halogens is 4. The van der Waals surface area contributed by atoms with Gasteiger partial charge in [0, 0.05) is 31.7 Å². The number of nitrogens with zero attached hydrogens (tertiary/aromatic N) is 2. The van der Waals surface area contributed by atoms with Crippen molar-refractivity contribution in [3.63, 3.8) is 0 Å². The fourth-order valence-corrected chi connectivity index (χ4v) is 3.03. The highest BCUT2D eigenvalue weighted by Gasteiger charge is 2.28. The lowest BCUT2D eigenvalue weighted by Gasteiger charge is -2.35. The molecular formula is C18H14ClF3N2O2. The molecule has 2 aromatic carbocycles. The van der Waals surface area contributed by atoms with Crippen LogP contribution in [-0.2, 0) is 0 Å². The lowest BCUT2D eigenvalue weighted by atomic mass is 10.1. The first-order valence-corrected chi connectivity index (χ1v) is 8.24. The minimum absolute atomic E-state index is 0.0234. The van der Waals surface area contributed by atoms with Gasteiger partial charge in [-0.25, -0.2) is 13.2 Å². The van der Waals surface area contributed by atoms with Gasteiger partial charge in [0.25, 0.3) is 11.8 Å². The molecule has 1 heterocycles. The van der Waals surface area contributed by atoms with Crippen LogP contribution in [0.25, 0.3) is 0 Å². The lowest BCUT2D eigenvalue weighted by Crippen LogP contribution is -2.50. The molecule has 1 fully saturated rings. The smallest absolute Gasteiger partial charge is 0.258 e. The Morgan fingerprint density at radius 1 is 0.808 bits per heavy atom. The van der Waals surface area contributed by atoms with Gasteiger partial charge in [-0.1, -0.05) is 17.7 Å². The van der Waals surface area contributed by atoms with Gasteiger partial charge in [-0.15, -0.1) is 0 Å². The van der Waals surface area contributed by atoms with Crippen molar-refractivity contribution in [2.75, 3.05) is 26.2 Å². The Kier molecular flexibility index (Phi) is 5.18. The molecular weight excluding hydrogens is 369 g/mol. The Labute approximate surface area is 152 Å². The molecule has 4 nitrogen and oxygen atoms in total. The molecule has 0 atom stereocenters. The van der Waals surface area contributed by atoms with Crippen LogP contribution < -0.4 is 0 Å². The first kappa shape index (κ1) is 18.3. The summed E-state index contributed by atoms with van der Waals surface area (Å²) in [6, 6.07) is 6.93. The van der Waals surface area contributed by atoms with Crippen LogP contribution in [0.1, 0.15) is 20.7 Å². The molecule has 8 heteroatoms. The van der Waals surface area contributed by atoms with Crippen molar-refractivity contribution in [3.05, 3.63) is 70.0 Å². The summed E-state index contributed by atoms with van der Waals surface area (Å²) in [7, 11) is 0. The summed E-state index contributed by atoms with van der Waals surface area (Å²) in [6.45, 7) is 0.739. The monoisotopic (exact) mass is 382 g/mol. The van der Waals surface area contributed by atoms with Gasteiger partial charge in [0.05, 0.1) is 10.6 Å². The molecule has 0 unspecified atom stereocenters. The normalized spacial score (nSPS) is 14.5. The van der Waals surface area contributed by atoms with Crippen LogP contribution in [0.15, 0.2) is 36.4 Å². The highest BCUT2D eigenvalue weighted by atomic mass is 35.5. The number of benzene rings is 2. The summed E-state index contributed by atoms with van der Waals surface area (Å²) in [5, 5.41) is 0.0234. The zero-order valence-electron chi connectivity index (χ0n) is 13.5. The van der Waals surface area contributed by atoms with Gasteiger partial charge in [-0.2, -0.15) is 0 Å². The van der Waals surface area contributed by atoms with E-state index >= 15 is 0 Å². The first-order valence-electron chi connectivity index (χ1n) is 7.86. The van der Waals surface area contributed by atoms with Crippen LogP contribution in [0.2, 0.25) is 5.02 Å². The van der Waals surface area contributed by atoms with Crippen molar-refractivity contribution in [1.29, 1.82) is 0 Å². The molecule has 1 saturated heterocycles. The lowest BCUT2D eigenvalue weighted by molar-refractivity contribution is 0.0532. The Morgan fingerprint density at radius 2 is 1.42 bits per heavy atom. The predicted octanol–water partition coefficient (Wildman–Crippen LogP) is 3.36. The van der Waals surface area contributed by atoms with E-state index in [9.17, 15) is 22.8 Å². The molecule has 0 aliphatic carbocycles. The van der Waals surface area contributed by atoms with Crippen molar-refractivity contribution in [3.8, 4) is 0 Å².